The summed E-state index contributed by atoms with van der Waals surface area (Å²) in [5.74, 6) is 10.6. The molecule has 90 valence electrons. The highest BCUT2D eigenvalue weighted by molar-refractivity contribution is 5.66. The molecule has 3 heteroatoms. The van der Waals surface area contributed by atoms with Crippen molar-refractivity contribution in [3.05, 3.63) is 42.0 Å². The second kappa shape index (κ2) is 7.60. The van der Waals surface area contributed by atoms with Crippen LogP contribution in [0.5, 0.6) is 5.75 Å². The maximum absolute atomic E-state index is 10.4. The predicted octanol–water partition coefficient (Wildman–Crippen LogP) is 1.87. The fraction of sp³-hybridized carbons (Fsp3) is 0.133. The van der Waals surface area contributed by atoms with E-state index in [-0.39, 0.29) is 18.3 Å². The smallest absolute Gasteiger partial charge is 0.302 e. The van der Waals surface area contributed by atoms with Crippen molar-refractivity contribution in [1.29, 1.82) is 0 Å². The molecule has 0 unspecified atom stereocenters. The molecule has 1 aromatic carbocycles. The first kappa shape index (κ1) is 13.4. The number of carbonyl (C=O) groups is 1. The van der Waals surface area contributed by atoms with Gasteiger partial charge in [0.25, 0.3) is 0 Å². The van der Waals surface area contributed by atoms with Crippen molar-refractivity contribution in [3.8, 4) is 29.4 Å². The van der Waals surface area contributed by atoms with Gasteiger partial charge < -0.3 is 9.84 Å². The van der Waals surface area contributed by atoms with Crippen molar-refractivity contribution < 1.29 is 14.6 Å². The number of esters is 1. The van der Waals surface area contributed by atoms with Crippen LogP contribution in [0, 0.1) is 23.7 Å². The minimum absolute atomic E-state index is 0.177. The third-order valence-corrected chi connectivity index (χ3v) is 1.77. The van der Waals surface area contributed by atoms with Gasteiger partial charge in [0.2, 0.25) is 0 Å². The molecule has 1 aromatic rings. The molecule has 0 heterocycles. The van der Waals surface area contributed by atoms with Gasteiger partial charge in [-0.2, -0.15) is 0 Å². The highest BCUT2D eigenvalue weighted by Gasteiger charge is 1.87. The molecule has 0 aliphatic carbocycles. The summed E-state index contributed by atoms with van der Waals surface area (Å²) in [6, 6.07) is 6.64. The molecule has 0 radical (unpaired) electrons. The molecule has 0 saturated heterocycles. The van der Waals surface area contributed by atoms with E-state index in [1.807, 2.05) is 0 Å². The number of allylic oxidation sites excluding steroid dienone is 1. The molecule has 18 heavy (non-hydrogen) atoms. The number of ether oxygens (including phenoxy) is 1. The Balaban J connectivity index is 2.44. The predicted molar refractivity (Wildman–Crippen MR) is 68.5 cm³/mol. The van der Waals surface area contributed by atoms with Gasteiger partial charge in [-0.05, 0) is 42.2 Å². The van der Waals surface area contributed by atoms with Gasteiger partial charge in [-0.1, -0.05) is 17.9 Å². The number of carbonyl (C=O) groups excluding carboxylic acids is 1. The number of phenolic OH excluding ortho intramolecular Hbond substituents is 1. The summed E-state index contributed by atoms with van der Waals surface area (Å²) < 4.78 is 4.67. The lowest BCUT2D eigenvalue weighted by Crippen LogP contribution is -1.96. The minimum Gasteiger partial charge on any atom is -0.508 e. The van der Waals surface area contributed by atoms with E-state index >= 15 is 0 Å². The Morgan fingerprint density at radius 2 is 2.28 bits per heavy atom. The van der Waals surface area contributed by atoms with Crippen molar-refractivity contribution in [1.82, 2.24) is 0 Å². The van der Waals surface area contributed by atoms with E-state index < -0.39 is 0 Å². The summed E-state index contributed by atoms with van der Waals surface area (Å²) >= 11 is 0. The number of hydrogen-bond acceptors (Lipinski definition) is 3. The van der Waals surface area contributed by atoms with Gasteiger partial charge in [0, 0.05) is 12.5 Å². The summed E-state index contributed by atoms with van der Waals surface area (Å²) in [5.41, 5.74) is 0.702. The zero-order chi connectivity index (χ0) is 13.2. The van der Waals surface area contributed by atoms with Crippen LogP contribution in [0.4, 0.5) is 0 Å². The van der Waals surface area contributed by atoms with E-state index in [4.69, 9.17) is 0 Å². The number of aromatic hydroxyl groups is 1. The third kappa shape index (κ3) is 6.05. The van der Waals surface area contributed by atoms with Gasteiger partial charge in [-0.25, -0.2) is 0 Å². The highest BCUT2D eigenvalue weighted by Crippen LogP contribution is 2.08. The van der Waals surface area contributed by atoms with Gasteiger partial charge in [0.05, 0.1) is 0 Å². The van der Waals surface area contributed by atoms with Crippen LogP contribution in [0.2, 0.25) is 0 Å². The van der Waals surface area contributed by atoms with Crippen LogP contribution in [0.3, 0.4) is 0 Å². The highest BCUT2D eigenvalue weighted by atomic mass is 16.5. The molecule has 1 N–H and O–H groups in total. The Morgan fingerprint density at radius 1 is 1.44 bits per heavy atom. The Morgan fingerprint density at radius 3 is 3.00 bits per heavy atom. The molecular formula is C15H12O3. The summed E-state index contributed by atoms with van der Waals surface area (Å²) in [7, 11) is 0. The SMILES string of the molecule is CC(=O)OCC=CC#CC#Cc1cccc(O)c1. The monoisotopic (exact) mass is 240 g/mol. The molecule has 0 bridgehead atoms. The first-order valence-corrected chi connectivity index (χ1v) is 5.27. The summed E-state index contributed by atoms with van der Waals surface area (Å²) in [5, 5.41) is 9.20. The second-order valence-electron chi connectivity index (χ2n) is 3.27. The van der Waals surface area contributed by atoms with E-state index in [1.54, 1.807) is 36.4 Å². The Bertz CT molecular complexity index is 563. The van der Waals surface area contributed by atoms with Crippen LogP contribution in [-0.2, 0) is 9.53 Å². The van der Waals surface area contributed by atoms with E-state index in [9.17, 15) is 9.90 Å². The maximum Gasteiger partial charge on any atom is 0.302 e. The Hall–Kier alpha value is -2.65. The van der Waals surface area contributed by atoms with E-state index in [1.165, 1.54) is 6.92 Å². The number of phenols is 1. The molecule has 0 aromatic heterocycles. The van der Waals surface area contributed by atoms with Gasteiger partial charge in [0.1, 0.15) is 12.4 Å². The molecule has 0 aliphatic heterocycles. The van der Waals surface area contributed by atoms with Crippen LogP contribution in [0.25, 0.3) is 0 Å². The topological polar surface area (TPSA) is 46.5 Å². The van der Waals surface area contributed by atoms with Gasteiger partial charge in [0.15, 0.2) is 0 Å². The molecule has 0 fully saturated rings. The minimum atomic E-state index is -0.323. The maximum atomic E-state index is 10.4. The summed E-state index contributed by atoms with van der Waals surface area (Å²) in [6.07, 6.45) is 3.20. The zero-order valence-electron chi connectivity index (χ0n) is 9.93. The Kier molecular flexibility index (Phi) is 5.66. The van der Waals surface area contributed by atoms with Crippen LogP contribution in [0.15, 0.2) is 36.4 Å². The van der Waals surface area contributed by atoms with Gasteiger partial charge >= 0.3 is 5.97 Å². The zero-order valence-corrected chi connectivity index (χ0v) is 9.93. The van der Waals surface area contributed by atoms with E-state index in [0.29, 0.717) is 5.56 Å². The van der Waals surface area contributed by atoms with Crippen LogP contribution < -0.4 is 0 Å². The normalized spacial score (nSPS) is 8.94. The number of benzene rings is 1. The first-order chi connectivity index (χ1) is 8.68. The van der Waals surface area contributed by atoms with Crippen molar-refractivity contribution in [2.75, 3.05) is 6.61 Å². The molecule has 1 rings (SSSR count). The van der Waals surface area contributed by atoms with Gasteiger partial charge in [-0.3, -0.25) is 4.79 Å². The fourth-order valence-electron chi connectivity index (χ4n) is 1.04. The number of hydrogen-bond donors (Lipinski definition) is 1. The number of rotatable bonds is 2. The molecular weight excluding hydrogens is 228 g/mol. The average Bonchev–Trinajstić information content (AvgIpc) is 2.32. The second-order valence-corrected chi connectivity index (χ2v) is 3.27. The summed E-state index contributed by atoms with van der Waals surface area (Å²) in [6.45, 7) is 1.56. The standard InChI is InChI=1S/C15H12O3/c1-13(16)18-11-6-4-2-3-5-8-14-9-7-10-15(17)12-14/h4,6-7,9-10,12,17H,11H2,1H3. The van der Waals surface area contributed by atoms with Crippen molar-refractivity contribution in [2.45, 2.75) is 6.92 Å². The van der Waals surface area contributed by atoms with Crippen LogP contribution >= 0.6 is 0 Å². The molecule has 3 nitrogen and oxygen atoms in total. The molecule has 0 spiro atoms. The first-order valence-electron chi connectivity index (χ1n) is 5.27. The lowest BCUT2D eigenvalue weighted by molar-refractivity contribution is -0.139. The average molecular weight is 240 g/mol. The molecule has 0 aliphatic rings. The third-order valence-electron chi connectivity index (χ3n) is 1.77. The lowest BCUT2D eigenvalue weighted by Gasteiger charge is -1.91. The molecule has 0 atom stereocenters. The van der Waals surface area contributed by atoms with Crippen molar-refractivity contribution in [3.63, 3.8) is 0 Å². The quantitative estimate of drug-likeness (QED) is 0.634. The summed E-state index contributed by atoms with van der Waals surface area (Å²) in [4.78, 5) is 10.4. The van der Waals surface area contributed by atoms with Crippen LogP contribution in [-0.4, -0.2) is 17.7 Å². The van der Waals surface area contributed by atoms with E-state index in [2.05, 4.69) is 28.4 Å². The fourth-order valence-corrected chi connectivity index (χ4v) is 1.04. The van der Waals surface area contributed by atoms with Crippen LogP contribution in [0.1, 0.15) is 12.5 Å². The van der Waals surface area contributed by atoms with Gasteiger partial charge in [-0.15, -0.1) is 0 Å². The largest absolute Gasteiger partial charge is 0.508 e. The van der Waals surface area contributed by atoms with Crippen molar-refractivity contribution >= 4 is 5.97 Å². The Labute approximate surface area is 106 Å². The lowest BCUT2D eigenvalue weighted by atomic mass is 10.2. The molecule has 0 saturated carbocycles. The van der Waals surface area contributed by atoms with Crippen molar-refractivity contribution in [2.24, 2.45) is 0 Å². The van der Waals surface area contributed by atoms with E-state index in [0.717, 1.165) is 0 Å². The molecule has 0 amide bonds.